The molecule has 0 N–H and O–H groups in total. The van der Waals surface area contributed by atoms with E-state index in [9.17, 15) is 14.2 Å². The fourth-order valence-corrected chi connectivity index (χ4v) is 3.89. The Bertz CT molecular complexity index is 663. The fourth-order valence-electron chi connectivity index (χ4n) is 2.43. The van der Waals surface area contributed by atoms with Crippen molar-refractivity contribution in [3.05, 3.63) is 35.9 Å². The van der Waals surface area contributed by atoms with Crippen molar-refractivity contribution in [2.24, 2.45) is 5.92 Å². The molecular weight excluding hydrogens is 357 g/mol. The van der Waals surface area contributed by atoms with Gasteiger partial charge in [0.2, 0.25) is 0 Å². The molecule has 2 rings (SSSR count). The number of cyclic esters (lactones) is 1. The van der Waals surface area contributed by atoms with Crippen molar-refractivity contribution in [2.75, 3.05) is 26.2 Å². The van der Waals surface area contributed by atoms with Crippen LogP contribution in [0.15, 0.2) is 30.3 Å². The SMILES string of the molecule is CC(C)COP(C)(=O)CC[C@H]1C(=O)OCN1C(=O)OCc1ccccc1. The maximum absolute atomic E-state index is 12.5. The number of nitrogens with zero attached hydrogens (tertiary/aromatic N) is 1. The summed E-state index contributed by atoms with van der Waals surface area (Å²) in [6, 6.07) is 8.47. The summed E-state index contributed by atoms with van der Waals surface area (Å²) in [7, 11) is -2.83. The number of carbonyl (C=O) groups excluding carboxylic acids is 2. The summed E-state index contributed by atoms with van der Waals surface area (Å²) in [5, 5.41) is 0. The average molecular weight is 383 g/mol. The van der Waals surface area contributed by atoms with Gasteiger partial charge in [0.1, 0.15) is 12.6 Å². The van der Waals surface area contributed by atoms with Crippen LogP contribution in [0.1, 0.15) is 25.8 Å². The van der Waals surface area contributed by atoms with Gasteiger partial charge in [-0.15, -0.1) is 0 Å². The van der Waals surface area contributed by atoms with Gasteiger partial charge in [-0.2, -0.15) is 0 Å². The first-order valence-electron chi connectivity index (χ1n) is 8.63. The molecule has 1 unspecified atom stereocenters. The molecule has 8 heteroatoms. The molecule has 0 spiro atoms. The zero-order valence-corrected chi connectivity index (χ0v) is 16.3. The Kier molecular flexibility index (Phi) is 7.23. The highest BCUT2D eigenvalue weighted by Gasteiger charge is 2.39. The zero-order valence-electron chi connectivity index (χ0n) is 15.4. The minimum atomic E-state index is -2.83. The lowest BCUT2D eigenvalue weighted by atomic mass is 10.2. The monoisotopic (exact) mass is 383 g/mol. The van der Waals surface area contributed by atoms with E-state index >= 15 is 0 Å². The molecule has 0 aromatic heterocycles. The number of ether oxygens (including phenoxy) is 2. The van der Waals surface area contributed by atoms with E-state index in [1.165, 1.54) is 4.90 Å². The molecule has 7 nitrogen and oxygen atoms in total. The topological polar surface area (TPSA) is 82.1 Å². The van der Waals surface area contributed by atoms with Crippen molar-refractivity contribution in [3.8, 4) is 0 Å². The molecule has 2 atom stereocenters. The zero-order chi connectivity index (χ0) is 19.2. The Morgan fingerprint density at radius 3 is 2.69 bits per heavy atom. The quantitative estimate of drug-likeness (QED) is 0.505. The highest BCUT2D eigenvalue weighted by atomic mass is 31.2. The van der Waals surface area contributed by atoms with Gasteiger partial charge in [0.05, 0.1) is 6.61 Å². The smallest absolute Gasteiger partial charge is 0.413 e. The number of benzene rings is 1. The van der Waals surface area contributed by atoms with Crippen LogP contribution in [0.25, 0.3) is 0 Å². The Labute approximate surface area is 154 Å². The van der Waals surface area contributed by atoms with Crippen LogP contribution in [0, 0.1) is 5.92 Å². The first-order chi connectivity index (χ1) is 12.3. The van der Waals surface area contributed by atoms with Crippen molar-refractivity contribution < 1.29 is 28.2 Å². The molecule has 144 valence electrons. The van der Waals surface area contributed by atoms with Crippen LogP contribution in [-0.2, 0) is 30.0 Å². The predicted octanol–water partition coefficient (Wildman–Crippen LogP) is 3.48. The fraction of sp³-hybridized carbons (Fsp3) is 0.556. The second-order valence-electron chi connectivity index (χ2n) is 6.83. The molecule has 1 heterocycles. The van der Waals surface area contributed by atoms with Crippen LogP contribution >= 0.6 is 7.37 Å². The Morgan fingerprint density at radius 1 is 1.35 bits per heavy atom. The molecule has 1 saturated heterocycles. The van der Waals surface area contributed by atoms with E-state index in [1.54, 1.807) is 6.66 Å². The summed E-state index contributed by atoms with van der Waals surface area (Å²) in [5.41, 5.74) is 0.851. The molecule has 1 fully saturated rings. The van der Waals surface area contributed by atoms with Crippen molar-refractivity contribution in [3.63, 3.8) is 0 Å². The number of rotatable bonds is 8. The van der Waals surface area contributed by atoms with Gasteiger partial charge < -0.3 is 14.0 Å². The summed E-state index contributed by atoms with van der Waals surface area (Å²) in [6.07, 6.45) is -0.216. The molecule has 0 radical (unpaired) electrons. The van der Waals surface area contributed by atoms with Crippen LogP contribution in [0.3, 0.4) is 0 Å². The van der Waals surface area contributed by atoms with Crippen molar-refractivity contribution >= 4 is 19.4 Å². The average Bonchev–Trinajstić information content (AvgIpc) is 2.98. The van der Waals surface area contributed by atoms with Crippen molar-refractivity contribution in [1.29, 1.82) is 0 Å². The minimum absolute atomic E-state index is 0.112. The summed E-state index contributed by atoms with van der Waals surface area (Å²) in [5.74, 6) is -0.241. The van der Waals surface area contributed by atoms with E-state index in [0.29, 0.717) is 6.61 Å². The third kappa shape index (κ3) is 6.15. The van der Waals surface area contributed by atoms with Crippen molar-refractivity contribution in [1.82, 2.24) is 4.90 Å². The second-order valence-corrected chi connectivity index (χ2v) is 9.57. The Hall–Kier alpha value is -1.85. The third-order valence-electron chi connectivity index (χ3n) is 3.92. The largest absolute Gasteiger partial charge is 0.444 e. The Morgan fingerprint density at radius 2 is 2.04 bits per heavy atom. The molecule has 1 aliphatic rings. The van der Waals surface area contributed by atoms with Crippen molar-refractivity contribution in [2.45, 2.75) is 32.9 Å². The van der Waals surface area contributed by atoms with E-state index in [4.69, 9.17) is 14.0 Å². The summed E-state index contributed by atoms with van der Waals surface area (Å²) >= 11 is 0. The van der Waals surface area contributed by atoms with Gasteiger partial charge in [0, 0.05) is 12.8 Å². The first-order valence-corrected chi connectivity index (χ1v) is 10.9. The van der Waals surface area contributed by atoms with E-state index < -0.39 is 25.5 Å². The minimum Gasteiger partial charge on any atom is -0.444 e. The summed E-state index contributed by atoms with van der Waals surface area (Å²) in [4.78, 5) is 25.5. The summed E-state index contributed by atoms with van der Waals surface area (Å²) < 4.78 is 28.1. The molecule has 1 amide bonds. The lowest BCUT2D eigenvalue weighted by molar-refractivity contribution is -0.139. The van der Waals surface area contributed by atoms with Gasteiger partial charge >= 0.3 is 12.1 Å². The summed E-state index contributed by atoms with van der Waals surface area (Å²) in [6.45, 7) is 5.84. The van der Waals surface area contributed by atoms with Crippen LogP contribution in [0.2, 0.25) is 0 Å². The highest BCUT2D eigenvalue weighted by molar-refractivity contribution is 7.58. The van der Waals surface area contributed by atoms with Crippen LogP contribution in [0.5, 0.6) is 0 Å². The molecule has 0 bridgehead atoms. The molecule has 1 aliphatic heterocycles. The first kappa shape index (κ1) is 20.5. The molecule has 1 aromatic carbocycles. The molecule has 0 saturated carbocycles. The van der Waals surface area contributed by atoms with E-state index in [0.717, 1.165) is 5.56 Å². The van der Waals surface area contributed by atoms with E-state index in [1.807, 2.05) is 44.2 Å². The third-order valence-corrected chi connectivity index (χ3v) is 5.69. The van der Waals surface area contributed by atoms with Gasteiger partial charge in [-0.1, -0.05) is 44.2 Å². The predicted molar refractivity (Wildman–Crippen MR) is 97.0 cm³/mol. The molecule has 26 heavy (non-hydrogen) atoms. The maximum atomic E-state index is 12.5. The lowest BCUT2D eigenvalue weighted by Gasteiger charge is -2.21. The lowest BCUT2D eigenvalue weighted by Crippen LogP contribution is -2.39. The molecular formula is C18H26NO6P. The number of esters is 1. The number of hydrogen-bond donors (Lipinski definition) is 0. The van der Waals surface area contributed by atoms with Crippen LogP contribution in [-0.4, -0.2) is 49.2 Å². The van der Waals surface area contributed by atoms with Gasteiger partial charge in [-0.05, 0) is 17.9 Å². The number of amides is 1. The van der Waals surface area contributed by atoms with Crippen LogP contribution < -0.4 is 0 Å². The normalized spacial score (nSPS) is 19.3. The maximum Gasteiger partial charge on any atom is 0.413 e. The second kappa shape index (κ2) is 9.19. The van der Waals surface area contributed by atoms with Gasteiger partial charge in [-0.3, -0.25) is 9.46 Å². The van der Waals surface area contributed by atoms with E-state index in [-0.39, 0.29) is 31.8 Å². The van der Waals surface area contributed by atoms with Crippen LogP contribution in [0.4, 0.5) is 4.79 Å². The van der Waals surface area contributed by atoms with Gasteiger partial charge in [0.25, 0.3) is 0 Å². The van der Waals surface area contributed by atoms with E-state index in [2.05, 4.69) is 0 Å². The number of carbonyl (C=O) groups is 2. The molecule has 0 aliphatic carbocycles. The Balaban J connectivity index is 1.88. The van der Waals surface area contributed by atoms with Gasteiger partial charge in [-0.25, -0.2) is 9.59 Å². The number of hydrogen-bond acceptors (Lipinski definition) is 6. The standard InChI is InChI=1S/C18H26NO6P/c1-14(2)11-25-26(3,22)10-9-16-17(20)24-13-19(16)18(21)23-12-15-7-5-4-6-8-15/h4-8,14,16H,9-13H2,1-3H3/t16-,26?/m0/s1. The molecule has 1 aromatic rings. The van der Waals surface area contributed by atoms with Gasteiger partial charge in [0.15, 0.2) is 14.1 Å². The highest BCUT2D eigenvalue weighted by Crippen LogP contribution is 2.44.